The van der Waals surface area contributed by atoms with E-state index in [0.717, 1.165) is 23.5 Å². The Bertz CT molecular complexity index is 648. The Kier molecular flexibility index (Phi) is 9.22. The van der Waals surface area contributed by atoms with Crippen LogP contribution in [0.3, 0.4) is 0 Å². The molecular weight excluding hydrogens is 364 g/mol. The minimum atomic E-state index is -0.849. The van der Waals surface area contributed by atoms with Gasteiger partial charge in [-0.3, -0.25) is 9.59 Å². The van der Waals surface area contributed by atoms with Gasteiger partial charge < -0.3 is 21.7 Å². The van der Waals surface area contributed by atoms with Gasteiger partial charge in [-0.1, -0.05) is 38.4 Å². The van der Waals surface area contributed by atoms with Crippen molar-refractivity contribution in [2.75, 3.05) is 13.1 Å². The average Bonchev–Trinajstić information content (AvgIpc) is 3.01. The molecule has 6 nitrogen and oxygen atoms in total. The Balaban J connectivity index is 0.000000828. The van der Waals surface area contributed by atoms with Gasteiger partial charge in [-0.05, 0) is 48.9 Å². The van der Waals surface area contributed by atoms with Crippen LogP contribution in [0.1, 0.15) is 51.7 Å². The van der Waals surface area contributed by atoms with Gasteiger partial charge in [-0.2, -0.15) is 0 Å². The number of carbonyl (C=O) groups is 2. The molecule has 1 heterocycles. The third kappa shape index (κ3) is 6.48. The monoisotopic (exact) mass is 396 g/mol. The van der Waals surface area contributed by atoms with Crippen molar-refractivity contribution >= 4 is 23.4 Å². The number of hydrogen-bond acceptors (Lipinski definition) is 4. The lowest BCUT2D eigenvalue weighted by atomic mass is 9.97. The van der Waals surface area contributed by atoms with Crippen LogP contribution in [0.25, 0.3) is 0 Å². The van der Waals surface area contributed by atoms with Gasteiger partial charge >= 0.3 is 0 Å². The summed E-state index contributed by atoms with van der Waals surface area (Å²) in [4.78, 5) is 26.2. The number of nitrogens with two attached hydrogens (primary N) is 2. The number of nitrogens with zero attached hydrogens (tertiary/aromatic N) is 1. The number of likely N-dealkylation sites (tertiary alicyclic amines) is 1. The predicted octanol–water partition coefficient (Wildman–Crippen LogP) is 2.42. The van der Waals surface area contributed by atoms with Crippen molar-refractivity contribution in [2.45, 2.75) is 59.2 Å². The Hall–Kier alpha value is -1.63. The minimum Gasteiger partial charge on any atom is -0.350 e. The number of rotatable bonds is 5. The van der Waals surface area contributed by atoms with Gasteiger partial charge in [-0.25, -0.2) is 0 Å². The highest BCUT2D eigenvalue weighted by molar-refractivity contribution is 6.30. The van der Waals surface area contributed by atoms with Crippen LogP contribution in [-0.2, 0) is 22.7 Å². The maximum Gasteiger partial charge on any atom is 0.245 e. The zero-order valence-corrected chi connectivity index (χ0v) is 17.6. The van der Waals surface area contributed by atoms with E-state index in [9.17, 15) is 9.59 Å². The molecule has 0 saturated carbocycles. The first kappa shape index (κ1) is 23.4. The Morgan fingerprint density at radius 3 is 2.44 bits per heavy atom. The average molecular weight is 397 g/mol. The van der Waals surface area contributed by atoms with Gasteiger partial charge in [0.15, 0.2) is 0 Å². The summed E-state index contributed by atoms with van der Waals surface area (Å²) in [5, 5.41) is 3.50. The van der Waals surface area contributed by atoms with Crippen molar-refractivity contribution in [3.8, 4) is 0 Å². The highest BCUT2D eigenvalue weighted by Gasteiger charge is 2.45. The maximum absolute atomic E-state index is 12.6. The molecule has 0 unspecified atom stereocenters. The molecule has 27 heavy (non-hydrogen) atoms. The molecular formula is C20H33ClN4O2. The summed E-state index contributed by atoms with van der Waals surface area (Å²) in [6.07, 6.45) is 1.42. The summed E-state index contributed by atoms with van der Waals surface area (Å²) >= 11 is 6.01. The van der Waals surface area contributed by atoms with Crippen molar-refractivity contribution in [3.05, 3.63) is 34.3 Å². The van der Waals surface area contributed by atoms with E-state index in [0.29, 0.717) is 31.1 Å². The molecule has 1 aliphatic heterocycles. The van der Waals surface area contributed by atoms with Gasteiger partial charge in [0.05, 0.1) is 6.54 Å². The SMILES string of the molecule is CC(C)C.C[C@@]1(C(=O)NCc2cc(Cl)ccc2CN)CCCN1C(=O)CN. The number of benzene rings is 1. The van der Waals surface area contributed by atoms with E-state index in [1.54, 1.807) is 24.0 Å². The third-order valence-electron chi connectivity index (χ3n) is 4.43. The van der Waals surface area contributed by atoms with Crippen molar-refractivity contribution in [2.24, 2.45) is 17.4 Å². The molecule has 0 radical (unpaired) electrons. The highest BCUT2D eigenvalue weighted by atomic mass is 35.5. The van der Waals surface area contributed by atoms with E-state index in [4.69, 9.17) is 23.1 Å². The van der Waals surface area contributed by atoms with Gasteiger partial charge in [0, 0.05) is 24.7 Å². The molecule has 7 heteroatoms. The van der Waals surface area contributed by atoms with Crippen LogP contribution in [0.5, 0.6) is 0 Å². The fraction of sp³-hybridized carbons (Fsp3) is 0.600. The zero-order valence-electron chi connectivity index (χ0n) is 16.8. The molecule has 152 valence electrons. The molecule has 1 fully saturated rings. The van der Waals surface area contributed by atoms with E-state index < -0.39 is 5.54 Å². The van der Waals surface area contributed by atoms with E-state index in [-0.39, 0.29) is 18.4 Å². The number of hydrogen-bond donors (Lipinski definition) is 3. The summed E-state index contributed by atoms with van der Waals surface area (Å²) in [5.41, 5.74) is 12.1. The molecule has 0 aromatic heterocycles. The largest absolute Gasteiger partial charge is 0.350 e. The quantitative estimate of drug-likeness (QED) is 0.711. The van der Waals surface area contributed by atoms with Crippen LogP contribution in [0.4, 0.5) is 0 Å². The summed E-state index contributed by atoms with van der Waals surface area (Å²) in [5.74, 6) is 0.449. The highest BCUT2D eigenvalue weighted by Crippen LogP contribution is 2.29. The first-order valence-corrected chi connectivity index (χ1v) is 9.79. The second kappa shape index (κ2) is 10.6. The summed E-state index contributed by atoms with van der Waals surface area (Å²) < 4.78 is 0. The molecule has 1 saturated heterocycles. The van der Waals surface area contributed by atoms with Crippen LogP contribution in [-0.4, -0.2) is 35.3 Å². The summed E-state index contributed by atoms with van der Waals surface area (Å²) in [6, 6.07) is 5.42. The van der Waals surface area contributed by atoms with Crippen LogP contribution in [0.2, 0.25) is 5.02 Å². The fourth-order valence-electron chi connectivity index (χ4n) is 3.03. The number of amides is 2. The van der Waals surface area contributed by atoms with Gasteiger partial charge in [0.1, 0.15) is 5.54 Å². The molecule has 1 aromatic carbocycles. The number of halogens is 1. The smallest absolute Gasteiger partial charge is 0.245 e. The second-order valence-corrected chi connectivity index (χ2v) is 8.10. The molecule has 1 aromatic rings. The molecule has 0 bridgehead atoms. The lowest BCUT2D eigenvalue weighted by Crippen LogP contribution is -2.56. The van der Waals surface area contributed by atoms with Crippen molar-refractivity contribution < 1.29 is 9.59 Å². The van der Waals surface area contributed by atoms with Crippen LogP contribution in [0.15, 0.2) is 18.2 Å². The standard InChI is InChI=1S/C16H23ClN4O2.C4H10/c1-16(5-2-6-21(16)14(22)9-19)15(23)20-10-12-7-13(17)4-3-11(12)8-18;1-4(2)3/h3-4,7H,2,5-6,8-10,18-19H2,1H3,(H,20,23);4H,1-3H3/t16-;/m0./s1. The third-order valence-corrected chi connectivity index (χ3v) is 4.67. The molecule has 0 spiro atoms. The molecule has 1 atom stereocenters. The van der Waals surface area contributed by atoms with Gasteiger partial charge in [0.25, 0.3) is 0 Å². The lowest BCUT2D eigenvalue weighted by Gasteiger charge is -2.33. The van der Waals surface area contributed by atoms with Crippen LogP contribution < -0.4 is 16.8 Å². The number of nitrogens with one attached hydrogen (secondary N) is 1. The first-order chi connectivity index (χ1) is 12.7. The second-order valence-electron chi connectivity index (χ2n) is 7.66. The molecule has 2 amide bonds. The van der Waals surface area contributed by atoms with Crippen molar-refractivity contribution in [1.82, 2.24) is 10.2 Å². The zero-order chi connectivity index (χ0) is 20.6. The Morgan fingerprint density at radius 2 is 1.89 bits per heavy atom. The van der Waals surface area contributed by atoms with E-state index in [1.165, 1.54) is 0 Å². The lowest BCUT2D eigenvalue weighted by molar-refractivity contribution is -0.143. The normalized spacial score (nSPS) is 18.9. The maximum atomic E-state index is 12.6. The number of carbonyl (C=O) groups excluding carboxylic acids is 2. The van der Waals surface area contributed by atoms with Gasteiger partial charge in [0.2, 0.25) is 11.8 Å². The summed E-state index contributed by atoms with van der Waals surface area (Å²) in [7, 11) is 0. The van der Waals surface area contributed by atoms with E-state index in [1.807, 2.05) is 6.07 Å². The first-order valence-electron chi connectivity index (χ1n) is 9.42. The predicted molar refractivity (Wildman–Crippen MR) is 110 cm³/mol. The van der Waals surface area contributed by atoms with Crippen molar-refractivity contribution in [3.63, 3.8) is 0 Å². The van der Waals surface area contributed by atoms with Crippen molar-refractivity contribution in [1.29, 1.82) is 0 Å². The molecule has 5 N–H and O–H groups in total. The topological polar surface area (TPSA) is 101 Å². The van der Waals surface area contributed by atoms with Crippen LogP contribution >= 0.6 is 11.6 Å². The van der Waals surface area contributed by atoms with E-state index >= 15 is 0 Å². The Labute approximate surface area is 167 Å². The summed E-state index contributed by atoms with van der Waals surface area (Å²) in [6.45, 7) is 9.45. The minimum absolute atomic E-state index is 0.0888. The van der Waals surface area contributed by atoms with E-state index in [2.05, 4.69) is 26.1 Å². The molecule has 1 aliphatic rings. The fourth-order valence-corrected chi connectivity index (χ4v) is 3.23. The Morgan fingerprint density at radius 1 is 1.26 bits per heavy atom. The molecule has 0 aliphatic carbocycles. The van der Waals surface area contributed by atoms with Gasteiger partial charge in [-0.15, -0.1) is 0 Å². The van der Waals surface area contributed by atoms with Crippen LogP contribution in [0, 0.1) is 5.92 Å². The molecule has 2 rings (SSSR count).